The summed E-state index contributed by atoms with van der Waals surface area (Å²) in [5.41, 5.74) is 4.71. The minimum Gasteiger partial charge on any atom is -0.239 e. The smallest absolute Gasteiger partial charge is 0.239 e. The van der Waals surface area contributed by atoms with E-state index in [1.54, 1.807) is 0 Å². The minimum absolute atomic E-state index is 0.656. The van der Waals surface area contributed by atoms with Crippen LogP contribution in [0, 0.1) is 0 Å². The molecular formula is H2NO3PS. The van der Waals surface area contributed by atoms with Crippen LogP contribution in [-0.2, 0) is 12.5 Å². The van der Waals surface area contributed by atoms with Gasteiger partial charge in [0.05, 0.1) is 0 Å². The molecule has 0 aromatic carbocycles. The fourth-order valence-corrected chi connectivity index (χ4v) is 0.814. The summed E-state index contributed by atoms with van der Waals surface area (Å²) in [5, 5.41) is 0. The van der Waals surface area contributed by atoms with Crippen molar-refractivity contribution in [1.29, 1.82) is 0 Å². The van der Waals surface area contributed by atoms with Crippen LogP contribution >= 0.6 is 20.1 Å². The van der Waals surface area contributed by atoms with Gasteiger partial charge in [0.2, 0.25) is 0 Å². The van der Waals surface area contributed by atoms with Crippen LogP contribution in [0.3, 0.4) is 0 Å². The highest BCUT2D eigenvalue weighted by Crippen LogP contribution is 2.58. The lowest BCUT2D eigenvalue weighted by molar-refractivity contribution is 0.365. The average molecular weight is 127 g/mol. The van der Waals surface area contributed by atoms with Crippen molar-refractivity contribution < 1.29 is 12.5 Å². The average Bonchev–Trinajstić information content (AvgIpc) is 1.32. The Labute approximate surface area is 39.0 Å². The summed E-state index contributed by atoms with van der Waals surface area (Å²) in [4.78, 5) is 0. The molecule has 1 rings (SSSR count). The van der Waals surface area contributed by atoms with Gasteiger partial charge in [-0.3, -0.25) is 0 Å². The van der Waals surface area contributed by atoms with E-state index in [-0.39, 0.29) is 0 Å². The summed E-state index contributed by atoms with van der Waals surface area (Å²) in [5.74, 6) is 0. The maximum Gasteiger partial charge on any atom is 0.428 e. The van der Waals surface area contributed by atoms with Crippen molar-refractivity contribution in [2.75, 3.05) is 0 Å². The molecule has 0 amide bonds. The predicted molar refractivity (Wildman–Crippen MR) is 21.6 cm³/mol. The van der Waals surface area contributed by atoms with E-state index in [0.717, 1.165) is 0 Å². The number of nitrogens with two attached hydrogens (primary N) is 1. The quantitative estimate of drug-likeness (QED) is 0.382. The van der Waals surface area contributed by atoms with E-state index in [1.165, 1.54) is 0 Å². The first-order chi connectivity index (χ1) is 2.71. The molecule has 0 aromatic heterocycles. The van der Waals surface area contributed by atoms with Gasteiger partial charge in [-0.05, 0) is 0 Å². The summed E-state index contributed by atoms with van der Waals surface area (Å²) in [6.45, 7) is 0. The molecule has 0 radical (unpaired) electrons. The van der Waals surface area contributed by atoms with Crippen molar-refractivity contribution in [1.82, 2.24) is 0 Å². The topological polar surface area (TPSA) is 61.6 Å². The Hall–Kier alpha value is 0.460. The van der Waals surface area contributed by atoms with Gasteiger partial charge in [0.1, 0.15) is 0 Å². The van der Waals surface area contributed by atoms with Crippen LogP contribution in [-0.4, -0.2) is 0 Å². The van der Waals surface area contributed by atoms with Crippen molar-refractivity contribution >= 4 is 20.1 Å². The highest BCUT2D eigenvalue weighted by Gasteiger charge is 2.30. The molecule has 1 fully saturated rings. The molecule has 36 valence electrons. The zero-order valence-corrected chi connectivity index (χ0v) is 4.37. The molecule has 4 nitrogen and oxygen atoms in total. The van der Waals surface area contributed by atoms with Crippen LogP contribution in [0.5, 0.6) is 0 Å². The molecular weight excluding hydrogens is 125 g/mol. The fourth-order valence-electron chi connectivity index (χ4n) is 0.0904. The van der Waals surface area contributed by atoms with E-state index in [0.29, 0.717) is 12.3 Å². The Kier molecular flexibility index (Phi) is 0.933. The van der Waals surface area contributed by atoms with E-state index in [2.05, 4.69) is 7.94 Å². The second-order valence-corrected chi connectivity index (χ2v) is 3.17. The molecule has 1 heterocycles. The zero-order chi connectivity index (χ0) is 4.62. The van der Waals surface area contributed by atoms with Gasteiger partial charge < -0.3 is 0 Å². The molecule has 0 aromatic rings. The van der Waals surface area contributed by atoms with Gasteiger partial charge in [0.15, 0.2) is 12.3 Å². The fraction of sp³-hybridized carbons (Fsp3) is 0. The lowest BCUT2D eigenvalue weighted by Crippen LogP contribution is -2.03. The van der Waals surface area contributed by atoms with E-state index < -0.39 is 7.75 Å². The van der Waals surface area contributed by atoms with E-state index >= 15 is 0 Å². The van der Waals surface area contributed by atoms with Gasteiger partial charge in [-0.25, -0.2) is 10.1 Å². The lowest BCUT2D eigenvalue weighted by atomic mass is 13.9. The van der Waals surface area contributed by atoms with Gasteiger partial charge in [0.25, 0.3) is 0 Å². The monoisotopic (exact) mass is 127 g/mol. The second kappa shape index (κ2) is 1.21. The summed E-state index contributed by atoms with van der Waals surface area (Å²) < 4.78 is 18.3. The lowest BCUT2D eigenvalue weighted by Gasteiger charge is -2.16. The standard InChI is InChI=1S/H2NO3PS/c1-5(2)3-6-4-5/h(H2,1,2). The molecule has 1 aliphatic rings. The first-order valence-corrected chi connectivity index (χ1v) is 3.42. The SMILES string of the molecule is NP1(=O)OSO1. The molecule has 2 N–H and O–H groups in total. The van der Waals surface area contributed by atoms with E-state index in [9.17, 15) is 4.57 Å². The maximum atomic E-state index is 9.98. The van der Waals surface area contributed by atoms with Crippen LogP contribution in [0.25, 0.3) is 0 Å². The highest BCUT2D eigenvalue weighted by molar-refractivity contribution is 8.03. The van der Waals surface area contributed by atoms with Crippen molar-refractivity contribution in [3.05, 3.63) is 0 Å². The largest absolute Gasteiger partial charge is 0.428 e. The normalized spacial score (nSPS) is 28.8. The first kappa shape index (κ1) is 4.61. The Morgan fingerprint density at radius 3 is 2.00 bits per heavy atom. The van der Waals surface area contributed by atoms with Gasteiger partial charge >= 0.3 is 7.75 Å². The molecule has 0 saturated carbocycles. The van der Waals surface area contributed by atoms with Crippen LogP contribution in [0.1, 0.15) is 0 Å². The second-order valence-electron chi connectivity index (χ2n) is 0.757. The summed E-state index contributed by atoms with van der Waals surface area (Å²) in [6, 6.07) is 0. The molecule has 0 unspecified atom stereocenters. The van der Waals surface area contributed by atoms with Gasteiger partial charge in [-0.1, -0.05) is 0 Å². The van der Waals surface area contributed by atoms with Gasteiger partial charge in [-0.15, -0.1) is 0 Å². The van der Waals surface area contributed by atoms with Crippen molar-refractivity contribution in [2.24, 2.45) is 5.50 Å². The van der Waals surface area contributed by atoms with E-state index in [4.69, 9.17) is 5.50 Å². The molecule has 0 bridgehead atoms. The third-order valence-corrected chi connectivity index (χ3v) is 2.42. The molecule has 0 atom stereocenters. The van der Waals surface area contributed by atoms with Crippen molar-refractivity contribution in [2.45, 2.75) is 0 Å². The molecule has 1 saturated heterocycles. The zero-order valence-electron chi connectivity index (χ0n) is 2.66. The van der Waals surface area contributed by atoms with E-state index in [1.807, 2.05) is 0 Å². The van der Waals surface area contributed by atoms with Crippen LogP contribution in [0.15, 0.2) is 0 Å². The van der Waals surface area contributed by atoms with Crippen molar-refractivity contribution in [3.8, 4) is 0 Å². The third kappa shape index (κ3) is 0.746. The summed E-state index contributed by atoms with van der Waals surface area (Å²) >= 11 is 0.656. The van der Waals surface area contributed by atoms with Crippen molar-refractivity contribution in [3.63, 3.8) is 0 Å². The van der Waals surface area contributed by atoms with Crippen LogP contribution < -0.4 is 5.50 Å². The Morgan fingerprint density at radius 1 is 1.67 bits per heavy atom. The van der Waals surface area contributed by atoms with Crippen LogP contribution in [0.4, 0.5) is 0 Å². The third-order valence-electron chi connectivity index (χ3n) is 0.269. The molecule has 0 spiro atoms. The molecule has 6 heteroatoms. The Bertz CT molecular complexity index is 93.0. The number of hydrogen-bond donors (Lipinski definition) is 1. The maximum absolute atomic E-state index is 9.98. The molecule has 0 aliphatic carbocycles. The Morgan fingerprint density at radius 2 is 2.00 bits per heavy atom. The predicted octanol–water partition coefficient (Wildman–Crippen LogP) is 0.663. The highest BCUT2D eigenvalue weighted by atomic mass is 32.2. The Balaban J connectivity index is 2.53. The number of rotatable bonds is 0. The van der Waals surface area contributed by atoms with Crippen LogP contribution in [0.2, 0.25) is 0 Å². The summed E-state index contributed by atoms with van der Waals surface area (Å²) in [7, 11) is -3.00. The minimum atomic E-state index is -3.00. The molecule has 6 heavy (non-hydrogen) atoms. The number of hydrogen-bond acceptors (Lipinski definition) is 4. The van der Waals surface area contributed by atoms with Gasteiger partial charge in [0, 0.05) is 0 Å². The van der Waals surface area contributed by atoms with Gasteiger partial charge in [-0.2, -0.15) is 7.94 Å². The first-order valence-electron chi connectivity index (χ1n) is 1.14. The molecule has 1 aliphatic heterocycles. The summed E-state index contributed by atoms with van der Waals surface area (Å²) in [6.07, 6.45) is 0.